The van der Waals surface area contributed by atoms with E-state index in [-0.39, 0.29) is 6.54 Å². The maximum atomic E-state index is 12.1. The summed E-state index contributed by atoms with van der Waals surface area (Å²) < 4.78 is 26.8. The first-order chi connectivity index (χ1) is 8.63. The Labute approximate surface area is 114 Å². The average Bonchev–Trinajstić information content (AvgIpc) is 2.97. The van der Waals surface area contributed by atoms with Crippen molar-refractivity contribution in [1.29, 1.82) is 0 Å². The van der Waals surface area contributed by atoms with Crippen molar-refractivity contribution in [1.82, 2.24) is 15.0 Å². The van der Waals surface area contributed by atoms with Crippen LogP contribution in [0, 0.1) is 0 Å². The van der Waals surface area contributed by atoms with Crippen molar-refractivity contribution in [2.45, 2.75) is 18.0 Å². The van der Waals surface area contributed by atoms with Gasteiger partial charge in [0.2, 0.25) is 10.0 Å². The van der Waals surface area contributed by atoms with Crippen LogP contribution in [0.15, 0.2) is 27.9 Å². The molecule has 0 saturated carbocycles. The normalized spacial score (nSPS) is 11.8. The Morgan fingerprint density at radius 3 is 2.78 bits per heavy atom. The second-order valence-corrected chi connectivity index (χ2v) is 7.20. The molecule has 2 aromatic rings. The van der Waals surface area contributed by atoms with Crippen molar-refractivity contribution in [2.75, 3.05) is 7.05 Å². The van der Waals surface area contributed by atoms with E-state index < -0.39 is 10.0 Å². The molecule has 5 nitrogen and oxygen atoms in total. The van der Waals surface area contributed by atoms with E-state index >= 15 is 0 Å². The maximum absolute atomic E-state index is 12.1. The lowest BCUT2D eigenvalue weighted by Crippen LogP contribution is -2.24. The largest absolute Gasteiger partial charge is 0.315 e. The van der Waals surface area contributed by atoms with Crippen LogP contribution >= 0.6 is 22.7 Å². The molecule has 98 valence electrons. The third-order valence-corrected chi connectivity index (χ3v) is 5.54. The highest BCUT2D eigenvalue weighted by atomic mass is 32.2. The van der Waals surface area contributed by atoms with Crippen molar-refractivity contribution < 1.29 is 8.42 Å². The van der Waals surface area contributed by atoms with Gasteiger partial charge in [-0.15, -0.1) is 22.7 Å². The number of rotatable bonds is 6. The summed E-state index contributed by atoms with van der Waals surface area (Å²) in [5.41, 5.74) is 0. The van der Waals surface area contributed by atoms with Crippen LogP contribution in [0.5, 0.6) is 0 Å². The van der Waals surface area contributed by atoms with E-state index in [1.807, 2.05) is 5.38 Å². The van der Waals surface area contributed by atoms with Crippen LogP contribution in [0.25, 0.3) is 0 Å². The molecule has 0 bridgehead atoms. The van der Waals surface area contributed by atoms with Crippen LogP contribution < -0.4 is 10.0 Å². The topological polar surface area (TPSA) is 71.1 Å². The van der Waals surface area contributed by atoms with Gasteiger partial charge in [0.15, 0.2) is 0 Å². The number of thiazole rings is 1. The van der Waals surface area contributed by atoms with Gasteiger partial charge < -0.3 is 5.32 Å². The van der Waals surface area contributed by atoms with Crippen molar-refractivity contribution in [3.63, 3.8) is 0 Å². The SMILES string of the molecule is CNCc1sccc1S(=O)(=O)NCc1nccs1. The van der Waals surface area contributed by atoms with Gasteiger partial charge in [0, 0.05) is 23.0 Å². The third kappa shape index (κ3) is 3.15. The molecule has 2 heterocycles. The Morgan fingerprint density at radius 2 is 2.11 bits per heavy atom. The number of sulfonamides is 1. The molecule has 0 atom stereocenters. The predicted molar refractivity (Wildman–Crippen MR) is 73.2 cm³/mol. The van der Waals surface area contributed by atoms with Crippen molar-refractivity contribution in [3.05, 3.63) is 32.9 Å². The van der Waals surface area contributed by atoms with E-state index in [9.17, 15) is 8.42 Å². The minimum atomic E-state index is -3.46. The molecule has 0 amide bonds. The molecule has 2 rings (SSSR count). The molecule has 0 spiro atoms. The summed E-state index contributed by atoms with van der Waals surface area (Å²) >= 11 is 2.86. The second-order valence-electron chi connectivity index (χ2n) is 3.49. The van der Waals surface area contributed by atoms with Gasteiger partial charge in [-0.3, -0.25) is 0 Å². The molecule has 0 radical (unpaired) electrons. The fraction of sp³-hybridized carbons (Fsp3) is 0.300. The summed E-state index contributed by atoms with van der Waals surface area (Å²) in [6.07, 6.45) is 1.66. The Balaban J connectivity index is 2.12. The van der Waals surface area contributed by atoms with Crippen LogP contribution in [0.2, 0.25) is 0 Å². The Kier molecular flexibility index (Phi) is 4.46. The van der Waals surface area contributed by atoms with Crippen molar-refractivity contribution in [2.24, 2.45) is 0 Å². The summed E-state index contributed by atoms with van der Waals surface area (Å²) in [6, 6.07) is 1.63. The van der Waals surface area contributed by atoms with Gasteiger partial charge in [-0.1, -0.05) is 0 Å². The first-order valence-electron chi connectivity index (χ1n) is 5.22. The summed E-state index contributed by atoms with van der Waals surface area (Å²) in [7, 11) is -1.67. The lowest BCUT2D eigenvalue weighted by atomic mass is 10.5. The predicted octanol–water partition coefficient (Wildman–Crippen LogP) is 1.40. The van der Waals surface area contributed by atoms with E-state index in [1.165, 1.54) is 22.7 Å². The third-order valence-electron chi connectivity index (χ3n) is 2.23. The lowest BCUT2D eigenvalue weighted by Gasteiger charge is -2.06. The fourth-order valence-corrected chi connectivity index (χ4v) is 4.52. The van der Waals surface area contributed by atoms with Gasteiger partial charge in [-0.05, 0) is 18.5 Å². The Hall–Kier alpha value is -0.800. The lowest BCUT2D eigenvalue weighted by molar-refractivity contribution is 0.580. The van der Waals surface area contributed by atoms with Gasteiger partial charge in [0.05, 0.1) is 11.4 Å². The number of aromatic nitrogens is 1. The van der Waals surface area contributed by atoms with Gasteiger partial charge in [-0.25, -0.2) is 18.1 Å². The van der Waals surface area contributed by atoms with Gasteiger partial charge >= 0.3 is 0 Å². The molecule has 0 unspecified atom stereocenters. The van der Waals surface area contributed by atoms with Crippen LogP contribution in [-0.2, 0) is 23.1 Å². The quantitative estimate of drug-likeness (QED) is 0.846. The maximum Gasteiger partial charge on any atom is 0.242 e. The molecular weight excluding hydrogens is 290 g/mol. The van der Waals surface area contributed by atoms with Gasteiger partial charge in [0.1, 0.15) is 5.01 Å². The summed E-state index contributed by atoms with van der Waals surface area (Å²) in [5.74, 6) is 0. The molecule has 2 aromatic heterocycles. The first-order valence-corrected chi connectivity index (χ1v) is 8.47. The second kappa shape index (κ2) is 5.89. The smallest absolute Gasteiger partial charge is 0.242 e. The van der Waals surface area contributed by atoms with Crippen molar-refractivity contribution in [3.8, 4) is 0 Å². The van der Waals surface area contributed by atoms with E-state index in [0.29, 0.717) is 11.4 Å². The van der Waals surface area contributed by atoms with Gasteiger partial charge in [-0.2, -0.15) is 0 Å². The highest BCUT2D eigenvalue weighted by molar-refractivity contribution is 7.89. The molecule has 0 aliphatic carbocycles. The summed E-state index contributed by atoms with van der Waals surface area (Å²) in [6.45, 7) is 0.778. The fourth-order valence-electron chi connectivity index (χ4n) is 1.43. The zero-order valence-corrected chi connectivity index (χ0v) is 12.2. The summed E-state index contributed by atoms with van der Waals surface area (Å²) in [5, 5.41) is 7.32. The van der Waals surface area contributed by atoms with E-state index in [1.54, 1.807) is 24.7 Å². The van der Waals surface area contributed by atoms with Crippen LogP contribution in [0.1, 0.15) is 9.88 Å². The van der Waals surface area contributed by atoms with E-state index in [2.05, 4.69) is 15.0 Å². The number of thiophene rings is 1. The minimum Gasteiger partial charge on any atom is -0.315 e. The Morgan fingerprint density at radius 1 is 1.28 bits per heavy atom. The molecule has 0 aliphatic heterocycles. The monoisotopic (exact) mass is 303 g/mol. The minimum absolute atomic E-state index is 0.231. The highest BCUT2D eigenvalue weighted by Gasteiger charge is 2.19. The molecule has 0 aliphatic rings. The van der Waals surface area contributed by atoms with Crippen LogP contribution in [-0.4, -0.2) is 20.4 Å². The number of hydrogen-bond acceptors (Lipinski definition) is 6. The van der Waals surface area contributed by atoms with Crippen LogP contribution in [0.3, 0.4) is 0 Å². The first kappa shape index (κ1) is 13.6. The number of hydrogen-bond donors (Lipinski definition) is 2. The average molecular weight is 303 g/mol. The highest BCUT2D eigenvalue weighted by Crippen LogP contribution is 2.21. The number of nitrogens with one attached hydrogen (secondary N) is 2. The molecule has 0 saturated heterocycles. The van der Waals surface area contributed by atoms with E-state index in [0.717, 1.165) is 9.88 Å². The molecule has 0 fully saturated rings. The zero-order chi connectivity index (χ0) is 13.0. The standard InChI is InChI=1S/C10H13N3O2S3/c1-11-6-8-9(2-4-16-8)18(14,15)13-7-10-12-3-5-17-10/h2-5,11,13H,6-7H2,1H3. The molecule has 8 heteroatoms. The van der Waals surface area contributed by atoms with Gasteiger partial charge in [0.25, 0.3) is 0 Å². The molecule has 18 heavy (non-hydrogen) atoms. The number of nitrogens with zero attached hydrogens (tertiary/aromatic N) is 1. The molecule has 0 aromatic carbocycles. The summed E-state index contributed by atoms with van der Waals surface area (Å²) in [4.78, 5) is 5.20. The Bertz CT molecular complexity index is 590. The molecular formula is C10H13N3O2S3. The zero-order valence-electron chi connectivity index (χ0n) is 9.71. The van der Waals surface area contributed by atoms with Crippen molar-refractivity contribution >= 4 is 32.7 Å². The van der Waals surface area contributed by atoms with E-state index in [4.69, 9.17) is 0 Å². The van der Waals surface area contributed by atoms with Crippen LogP contribution in [0.4, 0.5) is 0 Å². The molecule has 2 N–H and O–H groups in total.